The summed E-state index contributed by atoms with van der Waals surface area (Å²) < 4.78 is 0.845. The standard InChI is InChI=1S/C18H15BrN4O4S/c19-11-2-4-12(5-3-11)23-16(26)8-15(17(23)27)28-18(20)22-21-9-10-1-6-13(24)14(25)7-10/h1-7,9,15,24-25H,8H2,(H2,20,22)/b21-9+. The lowest BCUT2D eigenvalue weighted by atomic mass is 10.2. The zero-order chi connectivity index (χ0) is 20.3. The Morgan fingerprint density at radius 1 is 1.18 bits per heavy atom. The van der Waals surface area contributed by atoms with Gasteiger partial charge < -0.3 is 15.9 Å². The lowest BCUT2D eigenvalue weighted by Gasteiger charge is -2.14. The fraction of sp³-hybridized carbons (Fsp3) is 0.111. The Balaban J connectivity index is 1.65. The van der Waals surface area contributed by atoms with Crippen LogP contribution >= 0.6 is 27.7 Å². The van der Waals surface area contributed by atoms with Gasteiger partial charge in [-0.05, 0) is 48.0 Å². The van der Waals surface area contributed by atoms with Gasteiger partial charge in [0.05, 0.1) is 11.9 Å². The second-order valence-corrected chi connectivity index (χ2v) is 7.92. The number of nitrogens with zero attached hydrogens (tertiary/aromatic N) is 3. The molecule has 0 radical (unpaired) electrons. The van der Waals surface area contributed by atoms with Crippen LogP contribution in [0.25, 0.3) is 0 Å². The van der Waals surface area contributed by atoms with Crippen LogP contribution in [0.2, 0.25) is 0 Å². The minimum Gasteiger partial charge on any atom is -0.504 e. The van der Waals surface area contributed by atoms with Crippen molar-refractivity contribution in [3.63, 3.8) is 0 Å². The number of benzene rings is 2. The third-order valence-corrected chi connectivity index (χ3v) is 5.32. The second-order valence-electron chi connectivity index (χ2n) is 5.79. The summed E-state index contributed by atoms with van der Waals surface area (Å²) in [5.41, 5.74) is 6.81. The van der Waals surface area contributed by atoms with E-state index in [1.807, 2.05) is 0 Å². The van der Waals surface area contributed by atoms with Crippen LogP contribution in [0.15, 0.2) is 57.1 Å². The van der Waals surface area contributed by atoms with E-state index in [9.17, 15) is 19.8 Å². The number of nitrogens with two attached hydrogens (primary N) is 1. The van der Waals surface area contributed by atoms with Crippen molar-refractivity contribution in [2.75, 3.05) is 4.90 Å². The molecule has 1 atom stereocenters. The summed E-state index contributed by atoms with van der Waals surface area (Å²) in [7, 11) is 0. The highest BCUT2D eigenvalue weighted by Gasteiger charge is 2.40. The number of amidine groups is 1. The fourth-order valence-corrected chi connectivity index (χ4v) is 3.58. The number of hydrogen-bond acceptors (Lipinski definition) is 7. The van der Waals surface area contributed by atoms with E-state index in [-0.39, 0.29) is 34.9 Å². The molecule has 2 aromatic carbocycles. The van der Waals surface area contributed by atoms with Crippen molar-refractivity contribution >= 4 is 56.6 Å². The number of hydrogen-bond donors (Lipinski definition) is 3. The number of rotatable bonds is 4. The number of thioether (sulfide) groups is 1. The summed E-state index contributed by atoms with van der Waals surface area (Å²) in [6.45, 7) is 0. The van der Waals surface area contributed by atoms with Crippen molar-refractivity contribution in [3.05, 3.63) is 52.5 Å². The molecule has 0 saturated carbocycles. The first-order valence-corrected chi connectivity index (χ1v) is 9.70. The maximum Gasteiger partial charge on any atom is 0.247 e. The molecule has 0 spiro atoms. The number of anilines is 1. The van der Waals surface area contributed by atoms with Crippen molar-refractivity contribution in [3.8, 4) is 11.5 Å². The molecule has 10 heteroatoms. The van der Waals surface area contributed by atoms with E-state index < -0.39 is 5.25 Å². The molecule has 0 bridgehead atoms. The van der Waals surface area contributed by atoms with Crippen LogP contribution in [-0.4, -0.2) is 38.7 Å². The van der Waals surface area contributed by atoms with Crippen LogP contribution in [0.5, 0.6) is 11.5 Å². The summed E-state index contributed by atoms with van der Waals surface area (Å²) in [5, 5.41) is 25.7. The molecule has 144 valence electrons. The molecule has 0 aliphatic carbocycles. The predicted octanol–water partition coefficient (Wildman–Crippen LogP) is 2.57. The number of phenols is 2. The van der Waals surface area contributed by atoms with Crippen molar-refractivity contribution < 1.29 is 19.8 Å². The van der Waals surface area contributed by atoms with Gasteiger partial charge in [0.15, 0.2) is 16.7 Å². The lowest BCUT2D eigenvalue weighted by molar-refractivity contribution is -0.121. The Hall–Kier alpha value is -2.85. The molecule has 1 unspecified atom stereocenters. The number of amides is 2. The number of halogens is 1. The largest absolute Gasteiger partial charge is 0.504 e. The molecule has 28 heavy (non-hydrogen) atoms. The van der Waals surface area contributed by atoms with Crippen LogP contribution in [0.3, 0.4) is 0 Å². The van der Waals surface area contributed by atoms with E-state index in [4.69, 9.17) is 5.73 Å². The first kappa shape index (κ1) is 19.9. The quantitative estimate of drug-likeness (QED) is 0.210. The number of carbonyl (C=O) groups excluding carboxylic acids is 2. The number of phenolic OH excluding ortho intramolecular Hbond substituents is 2. The van der Waals surface area contributed by atoms with Crippen LogP contribution in [0.4, 0.5) is 5.69 Å². The van der Waals surface area contributed by atoms with E-state index >= 15 is 0 Å². The molecule has 2 amide bonds. The molecule has 1 fully saturated rings. The van der Waals surface area contributed by atoms with Crippen LogP contribution in [-0.2, 0) is 9.59 Å². The first-order chi connectivity index (χ1) is 13.3. The highest BCUT2D eigenvalue weighted by Crippen LogP contribution is 2.30. The number of imide groups is 1. The highest BCUT2D eigenvalue weighted by molar-refractivity contribution is 9.10. The zero-order valence-corrected chi connectivity index (χ0v) is 16.7. The average Bonchev–Trinajstić information content (AvgIpc) is 2.92. The SMILES string of the molecule is NC(=N/N=C/c1ccc(O)c(O)c1)SC1CC(=O)N(c2ccc(Br)cc2)C1=O. The summed E-state index contributed by atoms with van der Waals surface area (Å²) in [6, 6.07) is 11.0. The fourth-order valence-electron chi connectivity index (χ4n) is 2.50. The molecule has 4 N–H and O–H groups in total. The molecule has 8 nitrogen and oxygen atoms in total. The van der Waals surface area contributed by atoms with Gasteiger partial charge in [-0.25, -0.2) is 4.90 Å². The monoisotopic (exact) mass is 462 g/mol. The first-order valence-electron chi connectivity index (χ1n) is 8.02. The lowest BCUT2D eigenvalue weighted by Crippen LogP contribution is -2.31. The summed E-state index contributed by atoms with van der Waals surface area (Å²) in [4.78, 5) is 26.0. The maximum absolute atomic E-state index is 12.6. The Morgan fingerprint density at radius 3 is 2.57 bits per heavy atom. The van der Waals surface area contributed by atoms with Gasteiger partial charge in [-0.3, -0.25) is 9.59 Å². The molecule has 3 rings (SSSR count). The van der Waals surface area contributed by atoms with Crippen molar-refractivity contribution in [2.24, 2.45) is 15.9 Å². The second kappa shape index (κ2) is 8.44. The predicted molar refractivity (Wildman–Crippen MR) is 112 cm³/mol. The Kier molecular flexibility index (Phi) is 6.00. The van der Waals surface area contributed by atoms with E-state index in [1.54, 1.807) is 24.3 Å². The number of carbonyl (C=O) groups is 2. The molecule has 1 saturated heterocycles. The van der Waals surface area contributed by atoms with Crippen LogP contribution in [0, 0.1) is 0 Å². The van der Waals surface area contributed by atoms with Crippen molar-refractivity contribution in [1.82, 2.24) is 0 Å². The smallest absolute Gasteiger partial charge is 0.247 e. The minimum absolute atomic E-state index is 0.0192. The van der Waals surface area contributed by atoms with Crippen LogP contribution in [0.1, 0.15) is 12.0 Å². The summed E-state index contributed by atoms with van der Waals surface area (Å²) in [6.07, 6.45) is 1.35. The van der Waals surface area contributed by atoms with E-state index in [0.717, 1.165) is 21.1 Å². The average molecular weight is 463 g/mol. The highest BCUT2D eigenvalue weighted by atomic mass is 79.9. The summed E-state index contributed by atoms with van der Waals surface area (Å²) in [5.74, 6) is -1.18. The van der Waals surface area contributed by atoms with Gasteiger partial charge in [-0.15, -0.1) is 5.10 Å². The summed E-state index contributed by atoms with van der Waals surface area (Å²) >= 11 is 4.28. The molecular weight excluding hydrogens is 448 g/mol. The van der Waals surface area contributed by atoms with Gasteiger partial charge in [-0.1, -0.05) is 27.7 Å². The molecule has 0 aromatic heterocycles. The zero-order valence-electron chi connectivity index (χ0n) is 14.3. The van der Waals surface area contributed by atoms with Gasteiger partial charge in [0, 0.05) is 10.9 Å². The topological polar surface area (TPSA) is 129 Å². The Labute approximate surface area is 172 Å². The Bertz CT molecular complexity index is 978. The normalized spacial score (nSPS) is 17.7. The van der Waals surface area contributed by atoms with Gasteiger partial charge in [0.25, 0.3) is 0 Å². The van der Waals surface area contributed by atoms with Crippen molar-refractivity contribution in [1.29, 1.82) is 0 Å². The maximum atomic E-state index is 12.6. The molecular formula is C18H15BrN4O4S. The van der Waals surface area contributed by atoms with Gasteiger partial charge in [-0.2, -0.15) is 5.10 Å². The Morgan fingerprint density at radius 2 is 1.89 bits per heavy atom. The van der Waals surface area contributed by atoms with E-state index in [1.165, 1.54) is 24.4 Å². The van der Waals surface area contributed by atoms with Gasteiger partial charge >= 0.3 is 0 Å². The molecule has 1 heterocycles. The molecule has 2 aromatic rings. The van der Waals surface area contributed by atoms with E-state index in [0.29, 0.717) is 11.3 Å². The molecule has 1 aliphatic heterocycles. The molecule has 1 aliphatic rings. The van der Waals surface area contributed by atoms with Gasteiger partial charge in [0.1, 0.15) is 5.25 Å². The third-order valence-electron chi connectivity index (χ3n) is 3.82. The van der Waals surface area contributed by atoms with E-state index in [2.05, 4.69) is 26.1 Å². The number of aromatic hydroxyl groups is 2. The van der Waals surface area contributed by atoms with Gasteiger partial charge in [0.2, 0.25) is 11.8 Å². The van der Waals surface area contributed by atoms with Crippen LogP contribution < -0.4 is 10.6 Å². The third kappa shape index (κ3) is 4.52. The van der Waals surface area contributed by atoms with Crippen molar-refractivity contribution in [2.45, 2.75) is 11.7 Å². The minimum atomic E-state index is -0.673.